The van der Waals surface area contributed by atoms with Gasteiger partial charge >= 0.3 is 0 Å². The fraction of sp³-hybridized carbons (Fsp3) is 0. The van der Waals surface area contributed by atoms with Gasteiger partial charge in [0.1, 0.15) is 22.3 Å². The smallest absolute Gasteiger partial charge is 0.146 e. The monoisotopic (exact) mass is 748 g/mol. The molecule has 12 aromatic rings. The Morgan fingerprint density at radius 2 is 0.649 bits per heavy atom. The Bertz CT molecular complexity index is 3150. The molecule has 5 heteroatoms. The molecule has 0 saturated carbocycles. The average Bonchev–Trinajstić information content (AvgIpc) is 4.02. The van der Waals surface area contributed by atoms with Crippen LogP contribution in [0.25, 0.3) is 76.2 Å². The van der Waals surface area contributed by atoms with Gasteiger partial charge in [-0.3, -0.25) is 0 Å². The molecule has 268 valence electrons. The van der Waals surface area contributed by atoms with Crippen molar-refractivity contribution in [2.24, 2.45) is 0 Å². The summed E-state index contributed by atoms with van der Waals surface area (Å²) in [4.78, 5) is 4.73. The molecule has 0 aliphatic heterocycles. The van der Waals surface area contributed by atoms with Crippen molar-refractivity contribution in [3.63, 3.8) is 0 Å². The third-order valence-electron chi connectivity index (χ3n) is 11.3. The summed E-state index contributed by atoms with van der Waals surface area (Å²) >= 11 is 1.73. The molecule has 0 atom stereocenters. The fourth-order valence-electron chi connectivity index (χ4n) is 8.91. The predicted molar refractivity (Wildman–Crippen MR) is 241 cm³/mol. The number of fused-ring (bicyclic) bond motifs is 14. The van der Waals surface area contributed by atoms with Gasteiger partial charge in [-0.25, -0.2) is 0 Å². The maximum Gasteiger partial charge on any atom is 0.146 e. The molecular weight excluding hydrogens is 717 g/mol. The first-order chi connectivity index (χ1) is 28.3. The molecule has 3 heterocycles. The van der Waals surface area contributed by atoms with Crippen LogP contribution in [0.15, 0.2) is 202 Å². The lowest BCUT2D eigenvalue weighted by Crippen LogP contribution is -2.10. The molecule has 0 aliphatic carbocycles. The zero-order chi connectivity index (χ0) is 37.5. The van der Waals surface area contributed by atoms with Crippen LogP contribution in [0.1, 0.15) is 0 Å². The number of hydrogen-bond donors (Lipinski definition) is 0. The normalized spacial score (nSPS) is 11.9. The fourth-order valence-corrected chi connectivity index (χ4v) is 9.76. The maximum absolute atomic E-state index is 7.13. The Hall–Kier alpha value is -7.34. The summed E-state index contributed by atoms with van der Waals surface area (Å²) in [5, 5.41) is 15.5. The van der Waals surface area contributed by atoms with E-state index in [0.717, 1.165) is 99.5 Å². The lowest BCUT2D eigenvalue weighted by Gasteiger charge is -2.28. The highest BCUT2D eigenvalue weighted by Gasteiger charge is 2.28. The van der Waals surface area contributed by atoms with Gasteiger partial charge < -0.3 is 18.6 Å². The minimum absolute atomic E-state index is 0.844. The van der Waals surface area contributed by atoms with Crippen LogP contribution >= 0.6 is 11.3 Å². The topological polar surface area (TPSA) is 32.8 Å². The van der Waals surface area contributed by atoms with Crippen LogP contribution < -0.4 is 9.80 Å². The highest BCUT2D eigenvalue weighted by molar-refractivity contribution is 7.09. The summed E-state index contributed by atoms with van der Waals surface area (Å²) in [6.45, 7) is 0. The Labute approximate surface area is 331 Å². The van der Waals surface area contributed by atoms with Crippen molar-refractivity contribution in [2.75, 3.05) is 9.80 Å². The van der Waals surface area contributed by atoms with Crippen molar-refractivity contribution in [1.82, 2.24) is 0 Å². The van der Waals surface area contributed by atoms with Gasteiger partial charge in [-0.05, 0) is 94.3 Å². The zero-order valence-electron chi connectivity index (χ0n) is 30.6. The van der Waals surface area contributed by atoms with E-state index >= 15 is 0 Å². The molecule has 0 bridgehead atoms. The number of benzene rings is 9. The Morgan fingerprint density at radius 1 is 0.316 bits per heavy atom. The first-order valence-electron chi connectivity index (χ1n) is 19.2. The van der Waals surface area contributed by atoms with Gasteiger partial charge in [0.2, 0.25) is 0 Å². The first kappa shape index (κ1) is 32.0. The van der Waals surface area contributed by atoms with Crippen molar-refractivity contribution >= 4 is 122 Å². The van der Waals surface area contributed by atoms with Crippen LogP contribution in [-0.2, 0) is 0 Å². The predicted octanol–water partition coefficient (Wildman–Crippen LogP) is 15.9. The number of rotatable bonds is 6. The summed E-state index contributed by atoms with van der Waals surface area (Å²) in [6.07, 6.45) is 0. The number of furan rings is 2. The van der Waals surface area contributed by atoms with Crippen LogP contribution in [0.3, 0.4) is 0 Å². The minimum atomic E-state index is 0.844. The third-order valence-corrected chi connectivity index (χ3v) is 12.0. The second-order valence-corrected chi connectivity index (χ2v) is 15.2. The van der Waals surface area contributed by atoms with E-state index < -0.39 is 0 Å². The molecule has 0 amide bonds. The van der Waals surface area contributed by atoms with E-state index in [2.05, 4.69) is 203 Å². The molecule has 0 saturated heterocycles. The van der Waals surface area contributed by atoms with Gasteiger partial charge in [0.05, 0.1) is 22.1 Å². The van der Waals surface area contributed by atoms with E-state index in [1.807, 2.05) is 0 Å². The Kier molecular flexibility index (Phi) is 7.06. The van der Waals surface area contributed by atoms with Crippen LogP contribution in [0.2, 0.25) is 0 Å². The van der Waals surface area contributed by atoms with Gasteiger partial charge in [-0.2, -0.15) is 11.3 Å². The number of hydrogen-bond acceptors (Lipinski definition) is 5. The minimum Gasteiger partial charge on any atom is -0.455 e. The number of nitrogens with zero attached hydrogens (tertiary/aromatic N) is 2. The molecule has 12 rings (SSSR count). The van der Waals surface area contributed by atoms with Gasteiger partial charge in [-0.15, -0.1) is 0 Å². The van der Waals surface area contributed by atoms with Gasteiger partial charge in [0.25, 0.3) is 0 Å². The van der Waals surface area contributed by atoms with E-state index in [1.165, 1.54) is 10.8 Å². The summed E-state index contributed by atoms with van der Waals surface area (Å²) in [5.41, 5.74) is 9.78. The van der Waals surface area contributed by atoms with Crippen LogP contribution in [0, 0.1) is 0 Å². The summed E-state index contributed by atoms with van der Waals surface area (Å²) in [5.74, 6) is 0. The standard InChI is InChI=1S/C52H32N2O2S/c1-5-17-33(18-6-1)53(34-19-7-2-8-20-34)43-29-39-41-31-57-32-42(41)40-30-44(54(35-21-9-3-10-22-35)36-23-11-4-12-24-36)48-38-26-14-16-28-46(38)56-52(48)50(40)49(39)51-47(43)37-25-13-15-27-45(37)55-51/h1-32H. The van der Waals surface area contributed by atoms with E-state index in [9.17, 15) is 0 Å². The molecule has 3 aromatic heterocycles. The lowest BCUT2D eigenvalue weighted by molar-refractivity contribution is 0.670. The molecule has 0 radical (unpaired) electrons. The van der Waals surface area contributed by atoms with E-state index in [-0.39, 0.29) is 0 Å². The third kappa shape index (κ3) is 4.79. The molecule has 57 heavy (non-hydrogen) atoms. The molecule has 9 aromatic carbocycles. The largest absolute Gasteiger partial charge is 0.455 e. The first-order valence-corrected chi connectivity index (χ1v) is 20.1. The van der Waals surface area contributed by atoms with Crippen molar-refractivity contribution in [3.05, 3.63) is 193 Å². The maximum atomic E-state index is 7.13. The van der Waals surface area contributed by atoms with Gasteiger partial charge in [-0.1, -0.05) is 109 Å². The van der Waals surface area contributed by atoms with Crippen molar-refractivity contribution < 1.29 is 8.83 Å². The quantitative estimate of drug-likeness (QED) is 0.159. The Balaban J connectivity index is 1.30. The van der Waals surface area contributed by atoms with Crippen LogP contribution in [0.4, 0.5) is 34.1 Å². The highest BCUT2D eigenvalue weighted by atomic mass is 32.1. The second-order valence-electron chi connectivity index (χ2n) is 14.5. The molecule has 0 fully saturated rings. The molecule has 0 aliphatic rings. The SMILES string of the molecule is c1ccc(N(c2ccccc2)c2cc3c4cscc4c4cc(N(c5ccccc5)c5ccccc5)c5c6ccccc6oc5c4c3c3oc4ccccc4c23)cc1. The van der Waals surface area contributed by atoms with Gasteiger partial charge in [0, 0.05) is 55.1 Å². The van der Waals surface area contributed by atoms with E-state index in [1.54, 1.807) is 11.3 Å². The molecule has 0 N–H and O–H groups in total. The van der Waals surface area contributed by atoms with E-state index in [4.69, 9.17) is 8.83 Å². The summed E-state index contributed by atoms with van der Waals surface area (Å²) < 4.78 is 14.3. The highest BCUT2D eigenvalue weighted by Crippen LogP contribution is 2.54. The van der Waals surface area contributed by atoms with Crippen molar-refractivity contribution in [1.29, 1.82) is 0 Å². The number of thiophene rings is 1. The molecule has 0 spiro atoms. The van der Waals surface area contributed by atoms with Crippen molar-refractivity contribution in [3.8, 4) is 0 Å². The Morgan fingerprint density at radius 3 is 1.02 bits per heavy atom. The van der Waals surface area contributed by atoms with Gasteiger partial charge in [0.15, 0.2) is 0 Å². The second kappa shape index (κ2) is 12.6. The molecular formula is C52H32N2O2S. The van der Waals surface area contributed by atoms with E-state index in [0.29, 0.717) is 0 Å². The molecule has 0 unspecified atom stereocenters. The lowest BCUT2D eigenvalue weighted by atomic mass is 9.91. The zero-order valence-corrected chi connectivity index (χ0v) is 31.4. The summed E-state index contributed by atoms with van der Waals surface area (Å²) in [7, 11) is 0. The number of para-hydroxylation sites is 6. The van der Waals surface area contributed by atoms with Crippen molar-refractivity contribution in [2.45, 2.75) is 0 Å². The number of anilines is 6. The van der Waals surface area contributed by atoms with Crippen LogP contribution in [0.5, 0.6) is 0 Å². The summed E-state index contributed by atoms with van der Waals surface area (Å²) in [6, 6.07) is 64.1. The molecule has 4 nitrogen and oxygen atoms in total. The van der Waals surface area contributed by atoms with Crippen LogP contribution in [-0.4, -0.2) is 0 Å². The average molecular weight is 749 g/mol.